The van der Waals surface area contributed by atoms with E-state index in [1.165, 1.54) is 24.6 Å². The molecule has 0 aliphatic heterocycles. The van der Waals surface area contributed by atoms with Crippen LogP contribution in [0.15, 0.2) is 22.5 Å². The number of benzene rings is 1. The van der Waals surface area contributed by atoms with Gasteiger partial charge in [0.2, 0.25) is 9.47 Å². The molecule has 0 radical (unpaired) electrons. The summed E-state index contributed by atoms with van der Waals surface area (Å²) in [7, 11) is -3.76. The average Bonchev–Trinajstić information content (AvgIpc) is 3.31. The van der Waals surface area contributed by atoms with E-state index >= 15 is 0 Å². The van der Waals surface area contributed by atoms with E-state index in [0.717, 1.165) is 30.6 Å². The number of rotatable bonds is 5. The Morgan fingerprint density at radius 1 is 1.19 bits per heavy atom. The number of carbonyl (C=O) groups excluding carboxylic acids is 1. The zero-order valence-corrected chi connectivity index (χ0v) is 17.1. The minimum absolute atomic E-state index is 0.0384. The highest BCUT2D eigenvalue weighted by Gasteiger charge is 2.41. The van der Waals surface area contributed by atoms with Crippen molar-refractivity contribution >= 4 is 55.6 Å². The first kappa shape index (κ1) is 19.1. The quantitative estimate of drug-likeness (QED) is 0.683. The van der Waals surface area contributed by atoms with Crippen LogP contribution in [-0.4, -0.2) is 30.6 Å². The van der Waals surface area contributed by atoms with Crippen LogP contribution in [0, 0.1) is 11.8 Å². The fourth-order valence-electron chi connectivity index (χ4n) is 3.85. The molecule has 0 unspecified atom stereocenters. The zero-order chi connectivity index (χ0) is 19.2. The van der Waals surface area contributed by atoms with E-state index in [4.69, 9.17) is 23.2 Å². The normalized spacial score (nSPS) is 24.3. The minimum Gasteiger partial charge on any atom is -0.296 e. The van der Waals surface area contributed by atoms with Crippen molar-refractivity contribution < 1.29 is 13.2 Å². The van der Waals surface area contributed by atoms with Crippen LogP contribution in [0.2, 0.25) is 10.0 Å². The molecule has 1 aromatic carbocycles. The highest BCUT2D eigenvalue weighted by molar-refractivity contribution is 7.91. The Morgan fingerprint density at radius 3 is 2.67 bits per heavy atom. The van der Waals surface area contributed by atoms with Crippen LogP contribution in [0.4, 0.5) is 5.13 Å². The molecule has 0 saturated heterocycles. The summed E-state index contributed by atoms with van der Waals surface area (Å²) in [5, 5.41) is 10.7. The van der Waals surface area contributed by atoms with Gasteiger partial charge in [0.25, 0.3) is 15.9 Å². The predicted octanol–water partition coefficient (Wildman–Crippen LogP) is 3.56. The lowest BCUT2D eigenvalue weighted by Gasteiger charge is -2.21. The van der Waals surface area contributed by atoms with Crippen LogP contribution >= 0.6 is 34.5 Å². The third-order valence-corrected chi connectivity index (χ3v) is 8.32. The lowest BCUT2D eigenvalue weighted by atomic mass is 9.96. The molecule has 2 aliphatic carbocycles. The molecule has 3 atom stereocenters. The number of carbonyl (C=O) groups is 1. The average molecular weight is 447 g/mol. The monoisotopic (exact) mass is 446 g/mol. The van der Waals surface area contributed by atoms with Crippen molar-refractivity contribution in [2.45, 2.75) is 36.1 Å². The Bertz CT molecular complexity index is 995. The molecular formula is C16H16Cl2N4O3S2. The van der Waals surface area contributed by atoms with Gasteiger partial charge in [-0.2, -0.15) is 0 Å². The molecule has 144 valence electrons. The van der Waals surface area contributed by atoms with E-state index in [-0.39, 0.29) is 26.1 Å². The van der Waals surface area contributed by atoms with Gasteiger partial charge in [-0.15, -0.1) is 10.2 Å². The predicted molar refractivity (Wildman–Crippen MR) is 104 cm³/mol. The summed E-state index contributed by atoms with van der Waals surface area (Å²) >= 11 is 12.6. The number of nitrogens with zero attached hydrogens (tertiary/aromatic N) is 2. The second-order valence-electron chi connectivity index (χ2n) is 6.85. The maximum Gasteiger partial charge on any atom is 0.270 e. The first-order valence-corrected chi connectivity index (χ1v) is 11.5. The second-order valence-corrected chi connectivity index (χ2v) is 10.6. The molecule has 1 aromatic heterocycles. The van der Waals surface area contributed by atoms with Crippen molar-refractivity contribution in [3.8, 4) is 0 Å². The SMILES string of the molecule is O=C(Nc1nnc(S(=O)(=O)N[C@@H]2C[C@H]3CC[C@H]2C3)s1)c1ccc(Cl)cc1Cl. The van der Waals surface area contributed by atoms with Gasteiger partial charge < -0.3 is 0 Å². The molecule has 4 rings (SSSR count). The Labute approximate surface area is 170 Å². The number of hydrogen-bond donors (Lipinski definition) is 2. The second kappa shape index (κ2) is 7.29. The molecule has 2 aliphatic rings. The van der Waals surface area contributed by atoms with Crippen LogP contribution in [0.25, 0.3) is 0 Å². The number of fused-ring (bicyclic) bond motifs is 2. The fraction of sp³-hybridized carbons (Fsp3) is 0.438. The minimum atomic E-state index is -3.76. The van der Waals surface area contributed by atoms with Gasteiger partial charge in [0.1, 0.15) is 0 Å². The molecule has 2 saturated carbocycles. The van der Waals surface area contributed by atoms with Gasteiger partial charge in [-0.1, -0.05) is 41.0 Å². The third kappa shape index (κ3) is 3.97. The third-order valence-electron chi connectivity index (χ3n) is 5.08. The van der Waals surface area contributed by atoms with E-state index < -0.39 is 15.9 Å². The van der Waals surface area contributed by atoms with Crippen LogP contribution in [0.3, 0.4) is 0 Å². The fourth-order valence-corrected chi connectivity index (χ4v) is 6.57. The smallest absolute Gasteiger partial charge is 0.270 e. The molecule has 2 bridgehead atoms. The lowest BCUT2D eigenvalue weighted by molar-refractivity contribution is 0.102. The van der Waals surface area contributed by atoms with Crippen LogP contribution in [0.1, 0.15) is 36.0 Å². The van der Waals surface area contributed by atoms with E-state index in [2.05, 4.69) is 20.2 Å². The van der Waals surface area contributed by atoms with Gasteiger partial charge in [0.15, 0.2) is 0 Å². The van der Waals surface area contributed by atoms with Crippen molar-refractivity contribution in [2.24, 2.45) is 11.8 Å². The van der Waals surface area contributed by atoms with Gasteiger partial charge in [-0.05, 0) is 49.3 Å². The summed E-state index contributed by atoms with van der Waals surface area (Å²) < 4.78 is 27.7. The molecule has 2 aromatic rings. The highest BCUT2D eigenvalue weighted by Crippen LogP contribution is 2.44. The Balaban J connectivity index is 1.45. The summed E-state index contributed by atoms with van der Waals surface area (Å²) in [6, 6.07) is 4.43. The number of anilines is 1. The molecule has 11 heteroatoms. The summed E-state index contributed by atoms with van der Waals surface area (Å²) in [4.78, 5) is 12.3. The van der Waals surface area contributed by atoms with Crippen LogP contribution in [-0.2, 0) is 10.0 Å². The van der Waals surface area contributed by atoms with Crippen molar-refractivity contribution in [3.63, 3.8) is 0 Å². The van der Waals surface area contributed by atoms with Crippen LogP contribution < -0.4 is 10.0 Å². The summed E-state index contributed by atoms with van der Waals surface area (Å²) in [6.45, 7) is 0. The summed E-state index contributed by atoms with van der Waals surface area (Å²) in [5.41, 5.74) is 0.209. The maximum atomic E-state index is 12.6. The molecular weight excluding hydrogens is 431 g/mol. The standard InChI is InChI=1S/C16H16Cl2N4O3S2/c17-10-3-4-11(12(18)7-10)14(23)19-15-20-21-16(26-15)27(24,25)22-13-6-8-1-2-9(13)5-8/h3-4,7-9,13,22H,1-2,5-6H2,(H,19,20,23)/t8-,9-,13+/m0/s1. The van der Waals surface area contributed by atoms with E-state index in [9.17, 15) is 13.2 Å². The Hall–Kier alpha value is -1.26. The van der Waals surface area contributed by atoms with E-state index in [0.29, 0.717) is 16.9 Å². The van der Waals surface area contributed by atoms with Gasteiger partial charge in [0, 0.05) is 11.1 Å². The van der Waals surface area contributed by atoms with Crippen molar-refractivity contribution in [3.05, 3.63) is 33.8 Å². The van der Waals surface area contributed by atoms with E-state index in [1.807, 2.05) is 0 Å². The number of sulfonamides is 1. The molecule has 2 fully saturated rings. The van der Waals surface area contributed by atoms with Crippen molar-refractivity contribution in [1.82, 2.24) is 14.9 Å². The van der Waals surface area contributed by atoms with Crippen molar-refractivity contribution in [1.29, 1.82) is 0 Å². The highest BCUT2D eigenvalue weighted by atomic mass is 35.5. The van der Waals surface area contributed by atoms with Gasteiger partial charge in [0.05, 0.1) is 10.6 Å². The first-order valence-electron chi connectivity index (χ1n) is 8.44. The Morgan fingerprint density at radius 2 is 2.00 bits per heavy atom. The molecule has 0 spiro atoms. The molecule has 1 amide bonds. The topological polar surface area (TPSA) is 101 Å². The van der Waals surface area contributed by atoms with Gasteiger partial charge in [-0.25, -0.2) is 13.1 Å². The van der Waals surface area contributed by atoms with Gasteiger partial charge in [-0.3, -0.25) is 10.1 Å². The summed E-state index contributed by atoms with van der Waals surface area (Å²) in [5.74, 6) is 0.512. The van der Waals surface area contributed by atoms with Crippen molar-refractivity contribution in [2.75, 3.05) is 5.32 Å². The molecule has 7 nitrogen and oxygen atoms in total. The number of nitrogens with one attached hydrogen (secondary N) is 2. The van der Waals surface area contributed by atoms with E-state index in [1.54, 1.807) is 0 Å². The zero-order valence-electron chi connectivity index (χ0n) is 14.0. The lowest BCUT2D eigenvalue weighted by Crippen LogP contribution is -2.38. The Kier molecular flexibility index (Phi) is 5.15. The first-order chi connectivity index (χ1) is 12.8. The largest absolute Gasteiger partial charge is 0.296 e. The molecule has 1 heterocycles. The number of aromatic nitrogens is 2. The number of hydrogen-bond acceptors (Lipinski definition) is 6. The maximum absolute atomic E-state index is 12.6. The number of amides is 1. The molecule has 27 heavy (non-hydrogen) atoms. The summed E-state index contributed by atoms with van der Waals surface area (Å²) in [6.07, 6.45) is 4.22. The van der Waals surface area contributed by atoms with Crippen LogP contribution in [0.5, 0.6) is 0 Å². The molecule has 2 N–H and O–H groups in total. The van der Waals surface area contributed by atoms with Gasteiger partial charge >= 0.3 is 0 Å². The number of halogens is 2.